The highest BCUT2D eigenvalue weighted by Crippen LogP contribution is 2.31. The summed E-state index contributed by atoms with van der Waals surface area (Å²) in [6.45, 7) is 6.71. The van der Waals surface area contributed by atoms with Gasteiger partial charge in [0.05, 0.1) is 24.4 Å². The van der Waals surface area contributed by atoms with Gasteiger partial charge in [-0.25, -0.2) is 9.67 Å². The van der Waals surface area contributed by atoms with Crippen LogP contribution >= 0.6 is 0 Å². The predicted molar refractivity (Wildman–Crippen MR) is 193 cm³/mol. The number of carbonyl (C=O) groups is 3. The number of rotatable bonds is 13. The Labute approximate surface area is 291 Å². The zero-order valence-electron chi connectivity index (χ0n) is 28.6. The van der Waals surface area contributed by atoms with E-state index in [0.29, 0.717) is 48.6 Å². The van der Waals surface area contributed by atoms with Crippen molar-refractivity contribution in [3.8, 4) is 16.9 Å². The molecule has 1 aliphatic heterocycles. The summed E-state index contributed by atoms with van der Waals surface area (Å²) in [5.41, 5.74) is 7.47. The van der Waals surface area contributed by atoms with Gasteiger partial charge < -0.3 is 25.4 Å². The molecule has 1 aliphatic rings. The summed E-state index contributed by atoms with van der Waals surface area (Å²) in [5, 5.41) is 15.3. The Morgan fingerprint density at radius 1 is 0.940 bits per heavy atom. The Hall–Kier alpha value is -5.55. The van der Waals surface area contributed by atoms with Gasteiger partial charge in [-0.15, -0.1) is 0 Å². The van der Waals surface area contributed by atoms with Crippen LogP contribution in [-0.4, -0.2) is 59.2 Å². The fourth-order valence-electron chi connectivity index (χ4n) is 6.30. The molecule has 5 aromatic rings. The summed E-state index contributed by atoms with van der Waals surface area (Å²) < 4.78 is 13.0. The molecular weight excluding hydrogens is 632 g/mol. The van der Waals surface area contributed by atoms with E-state index in [4.69, 9.17) is 14.5 Å². The second-order valence-electron chi connectivity index (χ2n) is 12.3. The number of hydrogen-bond acceptors (Lipinski definition) is 8. The first-order valence-corrected chi connectivity index (χ1v) is 17.0. The second kappa shape index (κ2) is 15.8. The van der Waals surface area contributed by atoms with Crippen LogP contribution in [0.1, 0.15) is 74.6 Å². The van der Waals surface area contributed by atoms with Gasteiger partial charge in [0.1, 0.15) is 12.0 Å². The lowest BCUT2D eigenvalue weighted by molar-refractivity contribution is 0.0904. The van der Waals surface area contributed by atoms with Crippen molar-refractivity contribution in [2.75, 3.05) is 25.6 Å². The van der Waals surface area contributed by atoms with Crippen molar-refractivity contribution in [2.24, 2.45) is 0 Å². The van der Waals surface area contributed by atoms with E-state index in [1.54, 1.807) is 37.4 Å². The van der Waals surface area contributed by atoms with E-state index in [0.717, 1.165) is 63.8 Å². The summed E-state index contributed by atoms with van der Waals surface area (Å²) in [6.07, 6.45) is 5.12. The summed E-state index contributed by atoms with van der Waals surface area (Å²) in [5.74, 6) is 0.0247. The van der Waals surface area contributed by atoms with Crippen molar-refractivity contribution in [3.63, 3.8) is 0 Å². The van der Waals surface area contributed by atoms with Gasteiger partial charge in [-0.2, -0.15) is 5.10 Å². The van der Waals surface area contributed by atoms with Crippen LogP contribution in [0.15, 0.2) is 72.9 Å². The van der Waals surface area contributed by atoms with Gasteiger partial charge in [0, 0.05) is 66.8 Å². The van der Waals surface area contributed by atoms with Gasteiger partial charge in [0.2, 0.25) is 0 Å². The van der Waals surface area contributed by atoms with Crippen LogP contribution in [0.4, 0.5) is 5.69 Å². The highest BCUT2D eigenvalue weighted by molar-refractivity contribution is 6.00. The highest BCUT2D eigenvalue weighted by Gasteiger charge is 2.22. The number of anilines is 1. The van der Waals surface area contributed by atoms with Crippen LogP contribution in [0.25, 0.3) is 22.2 Å². The quantitative estimate of drug-likeness (QED) is 0.130. The van der Waals surface area contributed by atoms with Crippen molar-refractivity contribution in [3.05, 3.63) is 106 Å². The van der Waals surface area contributed by atoms with Crippen molar-refractivity contribution in [1.29, 1.82) is 0 Å². The van der Waals surface area contributed by atoms with E-state index in [1.807, 2.05) is 54.2 Å². The molecule has 1 fully saturated rings. The molecule has 11 heteroatoms. The van der Waals surface area contributed by atoms with Crippen molar-refractivity contribution < 1.29 is 23.9 Å². The van der Waals surface area contributed by atoms with Gasteiger partial charge in [0.25, 0.3) is 11.8 Å². The SMILES string of the molecule is CCc1nc2c(cnn2CC)c(NC2CCOCC2)c1CNC(=O)c1cccc(C(=O)NCc2cc(OC)cc(-c3cccc(C=O)c3)c2)c1. The lowest BCUT2D eigenvalue weighted by Crippen LogP contribution is -2.30. The molecule has 0 saturated carbocycles. The molecule has 11 nitrogen and oxygen atoms in total. The van der Waals surface area contributed by atoms with Gasteiger partial charge in [0.15, 0.2) is 5.65 Å². The van der Waals surface area contributed by atoms with E-state index in [-0.39, 0.29) is 30.9 Å². The van der Waals surface area contributed by atoms with Gasteiger partial charge in [-0.05, 0) is 85.3 Å². The van der Waals surface area contributed by atoms with Crippen LogP contribution < -0.4 is 20.7 Å². The van der Waals surface area contributed by atoms with Crippen LogP contribution in [0, 0.1) is 0 Å². The predicted octanol–water partition coefficient (Wildman–Crippen LogP) is 5.95. The fourth-order valence-corrected chi connectivity index (χ4v) is 6.30. The molecule has 0 atom stereocenters. The number of aryl methyl sites for hydroxylation is 2. The number of nitrogens with one attached hydrogen (secondary N) is 3. The number of carbonyl (C=O) groups excluding carboxylic acids is 3. The Balaban J connectivity index is 1.17. The van der Waals surface area contributed by atoms with Crippen molar-refractivity contribution >= 4 is 34.8 Å². The lowest BCUT2D eigenvalue weighted by Gasteiger charge is -2.26. The first-order chi connectivity index (χ1) is 24.4. The summed E-state index contributed by atoms with van der Waals surface area (Å²) in [4.78, 5) is 43.1. The maximum Gasteiger partial charge on any atom is 0.251 e. The molecule has 0 aliphatic carbocycles. The zero-order chi connectivity index (χ0) is 35.0. The number of aromatic nitrogens is 3. The second-order valence-corrected chi connectivity index (χ2v) is 12.3. The molecule has 0 radical (unpaired) electrons. The fraction of sp³-hybridized carbons (Fsp3) is 0.308. The number of aldehydes is 1. The topological polar surface area (TPSA) is 136 Å². The number of nitrogens with zero attached hydrogens (tertiary/aromatic N) is 3. The minimum atomic E-state index is -0.314. The molecule has 2 aromatic heterocycles. The third-order valence-corrected chi connectivity index (χ3v) is 9.00. The van der Waals surface area contributed by atoms with E-state index in [9.17, 15) is 14.4 Å². The first-order valence-electron chi connectivity index (χ1n) is 17.0. The van der Waals surface area contributed by atoms with Crippen molar-refractivity contribution in [1.82, 2.24) is 25.4 Å². The van der Waals surface area contributed by atoms with E-state index >= 15 is 0 Å². The number of ether oxygens (including phenoxy) is 2. The summed E-state index contributed by atoms with van der Waals surface area (Å²) in [7, 11) is 1.58. The van der Waals surface area contributed by atoms with Gasteiger partial charge in [-0.3, -0.25) is 14.4 Å². The summed E-state index contributed by atoms with van der Waals surface area (Å²) in [6, 6.07) is 19.9. The van der Waals surface area contributed by atoms with Gasteiger partial charge in [-0.1, -0.05) is 31.2 Å². The molecule has 3 heterocycles. The van der Waals surface area contributed by atoms with E-state index < -0.39 is 0 Å². The highest BCUT2D eigenvalue weighted by atomic mass is 16.5. The molecule has 1 saturated heterocycles. The standard InChI is InChI=1S/C39H42N6O5/c1-4-35-33(36(43-31-12-14-50-15-13-31)34-23-42-45(5-2)37(34)44-35)22-41-39(48)29-11-7-10-28(19-29)38(47)40-21-26-17-30(20-32(18-26)49-3)27-9-6-8-25(16-27)24-46/h6-11,16-20,23-24,31H,4-5,12-15,21-22H2,1-3H3,(H,40,47)(H,41,48)(H,43,44). The molecule has 0 bridgehead atoms. The molecule has 0 spiro atoms. The molecule has 2 amide bonds. The van der Waals surface area contributed by atoms with Crippen LogP contribution in [0.5, 0.6) is 5.75 Å². The van der Waals surface area contributed by atoms with Crippen LogP contribution in [0.2, 0.25) is 0 Å². The maximum absolute atomic E-state index is 13.5. The molecule has 50 heavy (non-hydrogen) atoms. The lowest BCUT2D eigenvalue weighted by atomic mass is 10.0. The van der Waals surface area contributed by atoms with E-state index in [1.165, 1.54) is 0 Å². The molecular formula is C39H42N6O5. The Morgan fingerprint density at radius 3 is 2.38 bits per heavy atom. The van der Waals surface area contributed by atoms with E-state index in [2.05, 4.69) is 28.0 Å². The average Bonchev–Trinajstić information content (AvgIpc) is 3.59. The third-order valence-electron chi connectivity index (χ3n) is 9.00. The number of amides is 2. The smallest absolute Gasteiger partial charge is 0.251 e. The molecule has 3 aromatic carbocycles. The minimum absolute atomic E-state index is 0.236. The zero-order valence-corrected chi connectivity index (χ0v) is 28.6. The molecule has 6 rings (SSSR count). The minimum Gasteiger partial charge on any atom is -0.497 e. The third kappa shape index (κ3) is 7.68. The van der Waals surface area contributed by atoms with Crippen LogP contribution in [-0.2, 0) is 30.8 Å². The van der Waals surface area contributed by atoms with Crippen molar-refractivity contribution in [2.45, 2.75) is 58.8 Å². The molecule has 0 unspecified atom stereocenters. The Morgan fingerprint density at radius 2 is 1.68 bits per heavy atom. The number of pyridine rings is 1. The largest absolute Gasteiger partial charge is 0.497 e. The molecule has 258 valence electrons. The Kier molecular flexibility index (Phi) is 10.8. The number of benzene rings is 3. The maximum atomic E-state index is 13.5. The summed E-state index contributed by atoms with van der Waals surface area (Å²) >= 11 is 0. The molecule has 3 N–H and O–H groups in total. The average molecular weight is 675 g/mol. The number of methoxy groups -OCH3 is 1. The monoisotopic (exact) mass is 674 g/mol. The normalized spacial score (nSPS) is 13.2. The Bertz CT molecular complexity index is 2020. The number of fused-ring (bicyclic) bond motifs is 1. The van der Waals surface area contributed by atoms with Crippen LogP contribution in [0.3, 0.4) is 0 Å². The first kappa shape index (κ1) is 34.3. The van der Waals surface area contributed by atoms with Gasteiger partial charge >= 0.3 is 0 Å². The number of hydrogen-bond donors (Lipinski definition) is 3.